The molecule has 106 valence electrons. The number of amides is 1. The lowest BCUT2D eigenvalue weighted by Crippen LogP contribution is -2.19. The number of nitrogens with zero attached hydrogens (tertiary/aromatic N) is 2. The Morgan fingerprint density at radius 3 is 2.70 bits per heavy atom. The van der Waals surface area contributed by atoms with Crippen LogP contribution in [0, 0.1) is 0 Å². The third-order valence-electron chi connectivity index (χ3n) is 2.40. The van der Waals surface area contributed by atoms with E-state index < -0.39 is 15.9 Å². The number of carbonyl (C=O) groups excluding carboxylic acids is 1. The van der Waals surface area contributed by atoms with Gasteiger partial charge in [-0.05, 0) is 35.6 Å². The van der Waals surface area contributed by atoms with E-state index in [0.29, 0.717) is 0 Å². The zero-order valence-corrected chi connectivity index (χ0v) is 11.1. The molecule has 2 rings (SSSR count). The summed E-state index contributed by atoms with van der Waals surface area (Å²) in [6.45, 7) is 0. The molecule has 20 heavy (non-hydrogen) atoms. The van der Waals surface area contributed by atoms with Crippen LogP contribution in [0.5, 0.6) is 0 Å². The zero-order chi connectivity index (χ0) is 14.8. The summed E-state index contributed by atoms with van der Waals surface area (Å²) in [6.07, 6.45) is 0. The van der Waals surface area contributed by atoms with Crippen LogP contribution in [0.3, 0.4) is 0 Å². The molecule has 1 aromatic carbocycles. The fraction of sp³-hybridized carbons (Fsp3) is 0.100. The van der Waals surface area contributed by atoms with Crippen LogP contribution >= 0.6 is 0 Å². The average Bonchev–Trinajstić information content (AvgIpc) is 2.85. The monoisotopic (exact) mass is 297 g/mol. The Kier molecular flexibility index (Phi) is 3.68. The van der Waals surface area contributed by atoms with Gasteiger partial charge in [0.1, 0.15) is 0 Å². The van der Waals surface area contributed by atoms with E-state index in [2.05, 4.69) is 25.0 Å². The Morgan fingerprint density at radius 1 is 1.35 bits per heavy atom. The van der Waals surface area contributed by atoms with Gasteiger partial charge in [0.2, 0.25) is 21.5 Å². The van der Waals surface area contributed by atoms with Crippen molar-refractivity contribution in [1.29, 1.82) is 0 Å². The Labute approximate surface area is 114 Å². The number of rotatable bonds is 4. The average molecular weight is 297 g/mol. The van der Waals surface area contributed by atoms with Gasteiger partial charge >= 0.3 is 0 Å². The number of anilines is 2. The summed E-state index contributed by atoms with van der Waals surface area (Å²) in [5, 5.41) is 9.07. The minimum absolute atomic E-state index is 0.0176. The van der Waals surface area contributed by atoms with Crippen LogP contribution in [0.4, 0.5) is 11.5 Å². The summed E-state index contributed by atoms with van der Waals surface area (Å²) in [7, 11) is -2.30. The minimum Gasteiger partial charge on any atom is -0.379 e. The highest BCUT2D eigenvalue weighted by molar-refractivity contribution is 7.89. The third kappa shape index (κ3) is 2.75. The van der Waals surface area contributed by atoms with Crippen molar-refractivity contribution in [3.05, 3.63) is 30.0 Å². The lowest BCUT2D eigenvalue weighted by atomic mass is 10.3. The predicted octanol–water partition coefficient (Wildman–Crippen LogP) is -0.188. The molecule has 0 saturated carbocycles. The normalized spacial score (nSPS) is 11.2. The lowest BCUT2D eigenvalue weighted by molar-refractivity contribution is 0.101. The Hall–Kier alpha value is -2.46. The number of hydrogen-bond donors (Lipinski definition) is 3. The Morgan fingerprint density at radius 2 is 2.10 bits per heavy atom. The van der Waals surface area contributed by atoms with Crippen molar-refractivity contribution in [2.45, 2.75) is 4.90 Å². The van der Waals surface area contributed by atoms with Gasteiger partial charge in [-0.2, -0.15) is 0 Å². The van der Waals surface area contributed by atoms with Gasteiger partial charge < -0.3 is 11.1 Å². The van der Waals surface area contributed by atoms with Crippen LogP contribution in [-0.2, 0) is 10.0 Å². The van der Waals surface area contributed by atoms with Crippen molar-refractivity contribution >= 4 is 27.4 Å². The van der Waals surface area contributed by atoms with E-state index >= 15 is 0 Å². The first-order valence-corrected chi connectivity index (χ1v) is 6.85. The van der Waals surface area contributed by atoms with E-state index in [1.54, 1.807) is 0 Å². The molecule has 0 unspecified atom stereocenters. The predicted molar refractivity (Wildman–Crippen MR) is 69.4 cm³/mol. The Balaban J connectivity index is 2.25. The molecule has 0 radical (unpaired) electrons. The molecule has 0 saturated heterocycles. The summed E-state index contributed by atoms with van der Waals surface area (Å²) in [6, 6.07) is 5.71. The highest BCUT2D eigenvalue weighted by Gasteiger charge is 2.17. The fourth-order valence-corrected chi connectivity index (χ4v) is 2.18. The lowest BCUT2D eigenvalue weighted by Gasteiger charge is -2.06. The zero-order valence-electron chi connectivity index (χ0n) is 10.3. The smallest absolute Gasteiger partial charge is 0.281 e. The number of carbonyl (C=O) groups is 1. The summed E-state index contributed by atoms with van der Waals surface area (Å²) in [5.74, 6) is -0.802. The van der Waals surface area contributed by atoms with Crippen LogP contribution in [0.2, 0.25) is 0 Å². The van der Waals surface area contributed by atoms with Crippen molar-refractivity contribution in [2.24, 2.45) is 0 Å². The largest absolute Gasteiger partial charge is 0.379 e. The van der Waals surface area contributed by atoms with E-state index in [0.717, 1.165) is 0 Å². The topological polar surface area (TPSA) is 140 Å². The molecule has 1 heterocycles. The number of nitrogens with one attached hydrogen (secondary N) is 2. The first-order valence-electron chi connectivity index (χ1n) is 5.37. The Bertz CT molecular complexity index is 740. The van der Waals surface area contributed by atoms with Crippen molar-refractivity contribution < 1.29 is 17.8 Å². The van der Waals surface area contributed by atoms with Gasteiger partial charge in [0.05, 0.1) is 4.90 Å². The third-order valence-corrected chi connectivity index (χ3v) is 3.81. The van der Waals surface area contributed by atoms with E-state index in [9.17, 15) is 13.2 Å². The highest BCUT2D eigenvalue weighted by atomic mass is 32.2. The summed E-state index contributed by atoms with van der Waals surface area (Å²) in [4.78, 5) is 11.8. The minimum atomic E-state index is -3.59. The molecule has 1 amide bonds. The molecule has 1 aromatic heterocycles. The maximum Gasteiger partial charge on any atom is 0.281 e. The second kappa shape index (κ2) is 5.27. The van der Waals surface area contributed by atoms with Crippen molar-refractivity contribution in [3.8, 4) is 0 Å². The second-order valence-corrected chi connectivity index (χ2v) is 5.57. The number of aromatic nitrogens is 2. The van der Waals surface area contributed by atoms with Crippen LogP contribution in [0.1, 0.15) is 10.5 Å². The standard InChI is InChI=1S/C10H11N5O4S/c1-12-20(17,18)7-4-2-3-6(5-7)13-10(16)8-9(11)15-19-14-8/h2-5,12H,1H3,(H2,11,15)(H,13,16). The van der Waals surface area contributed by atoms with E-state index in [1.807, 2.05) is 0 Å². The van der Waals surface area contributed by atoms with Gasteiger partial charge in [-0.1, -0.05) is 6.07 Å². The molecule has 0 spiro atoms. The molecule has 0 aliphatic rings. The molecule has 0 atom stereocenters. The van der Waals surface area contributed by atoms with Crippen LogP contribution < -0.4 is 15.8 Å². The fourth-order valence-electron chi connectivity index (χ4n) is 1.40. The van der Waals surface area contributed by atoms with Gasteiger partial charge in [-0.3, -0.25) is 4.79 Å². The van der Waals surface area contributed by atoms with Gasteiger partial charge in [0.25, 0.3) is 5.91 Å². The van der Waals surface area contributed by atoms with E-state index in [1.165, 1.54) is 31.3 Å². The molecule has 0 aliphatic carbocycles. The first-order chi connectivity index (χ1) is 9.44. The van der Waals surface area contributed by atoms with E-state index in [-0.39, 0.29) is 22.1 Å². The van der Waals surface area contributed by atoms with Crippen molar-refractivity contribution in [3.63, 3.8) is 0 Å². The molecule has 0 fully saturated rings. The van der Waals surface area contributed by atoms with E-state index in [4.69, 9.17) is 5.73 Å². The summed E-state index contributed by atoms with van der Waals surface area (Å²) < 4.78 is 29.8. The number of hydrogen-bond acceptors (Lipinski definition) is 7. The molecular formula is C10H11N5O4S. The molecule has 2 aromatic rings. The maximum absolute atomic E-state index is 11.8. The summed E-state index contributed by atoms with van der Waals surface area (Å²) in [5.41, 5.74) is 5.48. The van der Waals surface area contributed by atoms with Gasteiger partial charge in [0.15, 0.2) is 0 Å². The quantitative estimate of drug-likeness (QED) is 0.710. The molecule has 4 N–H and O–H groups in total. The number of nitrogen functional groups attached to an aromatic ring is 1. The molecule has 10 heteroatoms. The van der Waals surface area contributed by atoms with Crippen molar-refractivity contribution in [1.82, 2.24) is 15.0 Å². The number of nitrogens with two attached hydrogens (primary N) is 1. The number of benzene rings is 1. The maximum atomic E-state index is 11.8. The molecular weight excluding hydrogens is 286 g/mol. The van der Waals surface area contributed by atoms with Crippen LogP contribution in [0.25, 0.3) is 0 Å². The van der Waals surface area contributed by atoms with Gasteiger partial charge in [-0.25, -0.2) is 17.8 Å². The van der Waals surface area contributed by atoms with Crippen molar-refractivity contribution in [2.75, 3.05) is 18.1 Å². The van der Waals surface area contributed by atoms with Gasteiger partial charge in [-0.15, -0.1) is 0 Å². The first kappa shape index (κ1) is 14.0. The molecule has 0 bridgehead atoms. The number of sulfonamides is 1. The highest BCUT2D eigenvalue weighted by Crippen LogP contribution is 2.16. The van der Waals surface area contributed by atoms with Crippen LogP contribution in [0.15, 0.2) is 33.8 Å². The second-order valence-electron chi connectivity index (χ2n) is 3.69. The molecule has 9 nitrogen and oxygen atoms in total. The van der Waals surface area contributed by atoms with Gasteiger partial charge in [0, 0.05) is 5.69 Å². The van der Waals surface area contributed by atoms with Crippen LogP contribution in [-0.4, -0.2) is 31.7 Å². The SMILES string of the molecule is CNS(=O)(=O)c1cccc(NC(=O)c2nonc2N)c1. The summed E-state index contributed by atoms with van der Waals surface area (Å²) >= 11 is 0. The molecule has 0 aliphatic heterocycles.